The molecule has 2 aromatic rings. The van der Waals surface area contributed by atoms with Gasteiger partial charge < -0.3 is 4.42 Å². The van der Waals surface area contributed by atoms with Crippen LogP contribution >= 0.6 is 0 Å². The van der Waals surface area contributed by atoms with Crippen molar-refractivity contribution in [3.63, 3.8) is 0 Å². The topological polar surface area (TPSA) is 123 Å². The van der Waals surface area contributed by atoms with Gasteiger partial charge in [-0.25, -0.2) is 12.7 Å². The first-order valence-corrected chi connectivity index (χ1v) is 9.69. The smallest absolute Gasteiger partial charge is 0.322 e. The van der Waals surface area contributed by atoms with E-state index in [0.29, 0.717) is 25.1 Å². The maximum atomic E-state index is 12.4. The van der Waals surface area contributed by atoms with Crippen LogP contribution in [-0.2, 0) is 21.9 Å². The van der Waals surface area contributed by atoms with Crippen molar-refractivity contribution in [2.75, 3.05) is 24.7 Å². The van der Waals surface area contributed by atoms with E-state index in [1.165, 1.54) is 4.31 Å². The largest absolute Gasteiger partial charge is 0.401 e. The SMILES string of the molecule is Cc1cc(-c2nnc(NC(=O)C3CCCN(S(C)(=O)=O)C3)o2)nn1C. The molecule has 1 atom stereocenters. The molecule has 0 aromatic carbocycles. The van der Waals surface area contributed by atoms with Crippen molar-refractivity contribution in [3.8, 4) is 11.6 Å². The molecule has 2 aromatic heterocycles. The number of rotatable bonds is 4. The van der Waals surface area contributed by atoms with Crippen molar-refractivity contribution in [3.05, 3.63) is 11.8 Å². The second-order valence-electron chi connectivity index (χ2n) is 6.16. The number of hydrogen-bond acceptors (Lipinski definition) is 7. The Morgan fingerprint density at radius 3 is 2.80 bits per heavy atom. The summed E-state index contributed by atoms with van der Waals surface area (Å²) in [6.45, 7) is 2.49. The zero-order valence-corrected chi connectivity index (χ0v) is 15.1. The maximum absolute atomic E-state index is 12.4. The zero-order valence-electron chi connectivity index (χ0n) is 14.3. The molecule has 1 unspecified atom stereocenters. The van der Waals surface area contributed by atoms with Crippen LogP contribution in [0.2, 0.25) is 0 Å². The minimum atomic E-state index is -3.31. The van der Waals surface area contributed by atoms with Crippen LogP contribution in [0.3, 0.4) is 0 Å². The predicted octanol–water partition coefficient (Wildman–Crippen LogP) is 0.389. The molecular weight excluding hydrogens is 348 g/mol. The fourth-order valence-electron chi connectivity index (χ4n) is 2.71. The van der Waals surface area contributed by atoms with Gasteiger partial charge in [0.1, 0.15) is 5.69 Å². The van der Waals surface area contributed by atoms with Crippen LogP contribution in [0.4, 0.5) is 6.01 Å². The molecule has 3 heterocycles. The number of carbonyl (C=O) groups excluding carboxylic acids is 1. The summed E-state index contributed by atoms with van der Waals surface area (Å²) in [5.74, 6) is -0.572. The third-order valence-electron chi connectivity index (χ3n) is 4.21. The van der Waals surface area contributed by atoms with Crippen LogP contribution in [0.1, 0.15) is 18.5 Å². The van der Waals surface area contributed by atoms with Crippen molar-refractivity contribution in [2.24, 2.45) is 13.0 Å². The highest BCUT2D eigenvalue weighted by atomic mass is 32.2. The number of nitrogens with zero attached hydrogens (tertiary/aromatic N) is 5. The average molecular weight is 368 g/mol. The van der Waals surface area contributed by atoms with Gasteiger partial charge in [0.2, 0.25) is 15.9 Å². The summed E-state index contributed by atoms with van der Waals surface area (Å²) in [7, 11) is -1.51. The second-order valence-corrected chi connectivity index (χ2v) is 8.14. The number of aryl methyl sites for hydroxylation is 2. The lowest BCUT2D eigenvalue weighted by Gasteiger charge is -2.29. The molecule has 1 fully saturated rings. The highest BCUT2D eigenvalue weighted by Gasteiger charge is 2.31. The maximum Gasteiger partial charge on any atom is 0.322 e. The number of sulfonamides is 1. The fourth-order valence-corrected chi connectivity index (χ4v) is 3.62. The molecule has 1 saturated heterocycles. The van der Waals surface area contributed by atoms with Gasteiger partial charge in [-0.2, -0.15) is 5.10 Å². The fraction of sp³-hybridized carbons (Fsp3) is 0.571. The Bertz CT molecular complexity index is 868. The molecule has 0 bridgehead atoms. The molecule has 25 heavy (non-hydrogen) atoms. The Kier molecular flexibility index (Phi) is 4.60. The van der Waals surface area contributed by atoms with Gasteiger partial charge in [-0.05, 0) is 25.8 Å². The van der Waals surface area contributed by atoms with E-state index in [1.807, 2.05) is 6.92 Å². The first kappa shape index (κ1) is 17.5. The Morgan fingerprint density at radius 2 is 2.16 bits per heavy atom. The summed E-state index contributed by atoms with van der Waals surface area (Å²) in [5.41, 5.74) is 1.45. The van der Waals surface area contributed by atoms with Crippen molar-refractivity contribution in [1.82, 2.24) is 24.3 Å². The number of hydrogen-bond donors (Lipinski definition) is 1. The molecule has 1 aliphatic rings. The number of piperidine rings is 1. The predicted molar refractivity (Wildman–Crippen MR) is 89.0 cm³/mol. The number of anilines is 1. The molecule has 1 amide bonds. The summed E-state index contributed by atoms with van der Waals surface area (Å²) in [4.78, 5) is 12.4. The van der Waals surface area contributed by atoms with Crippen LogP contribution in [0.25, 0.3) is 11.6 Å². The molecule has 0 saturated carbocycles. The number of aromatic nitrogens is 4. The lowest BCUT2D eigenvalue weighted by molar-refractivity contribution is -0.121. The van der Waals surface area contributed by atoms with Crippen molar-refractivity contribution in [1.29, 1.82) is 0 Å². The van der Waals surface area contributed by atoms with Crippen LogP contribution in [0.5, 0.6) is 0 Å². The molecule has 136 valence electrons. The Labute approximate surface area is 145 Å². The summed E-state index contributed by atoms with van der Waals surface area (Å²) < 4.78 is 31.7. The van der Waals surface area contributed by atoms with Crippen molar-refractivity contribution in [2.45, 2.75) is 19.8 Å². The van der Waals surface area contributed by atoms with Crippen LogP contribution in [0, 0.1) is 12.8 Å². The van der Waals surface area contributed by atoms with E-state index in [1.54, 1.807) is 17.8 Å². The third kappa shape index (κ3) is 3.87. The van der Waals surface area contributed by atoms with E-state index in [-0.39, 0.29) is 24.4 Å². The van der Waals surface area contributed by atoms with E-state index in [0.717, 1.165) is 11.9 Å². The number of carbonyl (C=O) groups is 1. The molecular formula is C14H20N6O4S. The average Bonchev–Trinajstić information content (AvgIpc) is 3.14. The van der Waals surface area contributed by atoms with Gasteiger partial charge in [-0.15, -0.1) is 5.10 Å². The van der Waals surface area contributed by atoms with Crippen molar-refractivity contribution < 1.29 is 17.6 Å². The van der Waals surface area contributed by atoms with Crippen LogP contribution < -0.4 is 5.32 Å². The van der Waals surface area contributed by atoms with Gasteiger partial charge in [-0.1, -0.05) is 5.10 Å². The Morgan fingerprint density at radius 1 is 1.40 bits per heavy atom. The molecule has 11 heteroatoms. The highest BCUT2D eigenvalue weighted by Crippen LogP contribution is 2.22. The third-order valence-corrected chi connectivity index (χ3v) is 5.48. The van der Waals surface area contributed by atoms with Gasteiger partial charge in [-0.3, -0.25) is 14.8 Å². The summed E-state index contributed by atoms with van der Waals surface area (Å²) in [6.07, 6.45) is 2.39. The zero-order chi connectivity index (χ0) is 18.2. The van der Waals surface area contributed by atoms with Crippen LogP contribution in [-0.4, -0.2) is 58.0 Å². The van der Waals surface area contributed by atoms with E-state index in [4.69, 9.17) is 4.42 Å². The molecule has 0 spiro atoms. The summed E-state index contributed by atoms with van der Waals surface area (Å²) >= 11 is 0. The quantitative estimate of drug-likeness (QED) is 0.828. The molecule has 1 aliphatic heterocycles. The van der Waals surface area contributed by atoms with E-state index in [9.17, 15) is 13.2 Å². The monoisotopic (exact) mass is 368 g/mol. The van der Waals surface area contributed by atoms with E-state index in [2.05, 4.69) is 20.6 Å². The highest BCUT2D eigenvalue weighted by molar-refractivity contribution is 7.88. The number of amides is 1. The van der Waals surface area contributed by atoms with E-state index < -0.39 is 15.9 Å². The van der Waals surface area contributed by atoms with Gasteiger partial charge in [0.25, 0.3) is 5.89 Å². The van der Waals surface area contributed by atoms with Gasteiger partial charge in [0, 0.05) is 25.8 Å². The summed E-state index contributed by atoms with van der Waals surface area (Å²) in [5, 5.41) is 14.5. The second kappa shape index (κ2) is 6.56. The van der Waals surface area contributed by atoms with Gasteiger partial charge in [0.15, 0.2) is 0 Å². The molecule has 1 N–H and O–H groups in total. The summed E-state index contributed by atoms with van der Waals surface area (Å²) in [6, 6.07) is 1.77. The standard InChI is InChI=1S/C14H20N6O4S/c1-9-7-11(18-19(9)2)13-16-17-14(24-13)15-12(21)10-5-4-6-20(8-10)25(3,22)23/h7,10H,4-6,8H2,1-3H3,(H,15,17,21). The molecule has 3 rings (SSSR count). The van der Waals surface area contributed by atoms with Crippen LogP contribution in [0.15, 0.2) is 10.5 Å². The van der Waals surface area contributed by atoms with Crippen molar-refractivity contribution >= 4 is 21.9 Å². The number of nitrogens with one attached hydrogen (secondary N) is 1. The minimum Gasteiger partial charge on any atom is -0.401 e. The Balaban J connectivity index is 1.67. The molecule has 10 nitrogen and oxygen atoms in total. The normalized spacial score (nSPS) is 19.1. The molecule has 0 aliphatic carbocycles. The molecule has 0 radical (unpaired) electrons. The van der Waals surface area contributed by atoms with Gasteiger partial charge >= 0.3 is 6.01 Å². The lowest BCUT2D eigenvalue weighted by atomic mass is 9.99. The first-order chi connectivity index (χ1) is 11.7. The minimum absolute atomic E-state index is 0.0280. The van der Waals surface area contributed by atoms with Gasteiger partial charge in [0.05, 0.1) is 12.2 Å². The van der Waals surface area contributed by atoms with E-state index >= 15 is 0 Å². The lowest BCUT2D eigenvalue weighted by Crippen LogP contribution is -2.43. The first-order valence-electron chi connectivity index (χ1n) is 7.84. The Hall–Kier alpha value is -2.27.